The predicted octanol–water partition coefficient (Wildman–Crippen LogP) is 5.08. The molecule has 1 saturated carbocycles. The summed E-state index contributed by atoms with van der Waals surface area (Å²) in [7, 11) is -2.41. The van der Waals surface area contributed by atoms with E-state index in [1.54, 1.807) is 6.07 Å². The molecule has 3 atom stereocenters. The van der Waals surface area contributed by atoms with Gasteiger partial charge in [0.2, 0.25) is 0 Å². The maximum absolute atomic E-state index is 15.1. The van der Waals surface area contributed by atoms with Crippen LogP contribution in [0.15, 0.2) is 59.9 Å². The van der Waals surface area contributed by atoms with Crippen molar-refractivity contribution in [3.05, 3.63) is 77.0 Å². The van der Waals surface area contributed by atoms with Crippen molar-refractivity contribution in [2.75, 3.05) is 24.9 Å². The first-order chi connectivity index (χ1) is 19.4. The molecule has 0 radical (unpaired) electrons. The van der Waals surface area contributed by atoms with E-state index in [4.69, 9.17) is 16.3 Å². The second-order valence-electron chi connectivity index (χ2n) is 10.2. The van der Waals surface area contributed by atoms with Crippen LogP contribution in [0.3, 0.4) is 0 Å². The van der Waals surface area contributed by atoms with Gasteiger partial charge in [-0.15, -0.1) is 0 Å². The van der Waals surface area contributed by atoms with Crippen molar-refractivity contribution in [3.8, 4) is 5.75 Å². The molecule has 1 aromatic heterocycles. The Morgan fingerprint density at radius 2 is 1.93 bits per heavy atom. The highest BCUT2D eigenvalue weighted by molar-refractivity contribution is 7.92. The summed E-state index contributed by atoms with van der Waals surface area (Å²) >= 11 is 6.40. The van der Waals surface area contributed by atoms with E-state index in [1.807, 2.05) is 7.05 Å². The average molecular weight is 614 g/mol. The Morgan fingerprint density at radius 1 is 1.15 bits per heavy atom. The molecule has 1 saturated heterocycles. The maximum atomic E-state index is 15.1. The summed E-state index contributed by atoms with van der Waals surface area (Å²) in [6.45, 7) is 1.52. The van der Waals surface area contributed by atoms with Gasteiger partial charge in [-0.1, -0.05) is 29.8 Å². The third-order valence-corrected chi connectivity index (χ3v) is 9.34. The number of likely N-dealkylation sites (N-methyl/N-ethyl adjacent to an activating group) is 1. The van der Waals surface area contributed by atoms with Crippen LogP contribution < -0.4 is 14.8 Å². The molecule has 3 aromatic rings. The van der Waals surface area contributed by atoms with E-state index in [0.29, 0.717) is 24.8 Å². The fourth-order valence-corrected chi connectivity index (χ4v) is 6.67. The quantitative estimate of drug-likeness (QED) is 0.342. The molecule has 8 nitrogen and oxygen atoms in total. The second kappa shape index (κ2) is 11.7. The maximum Gasteiger partial charge on any atom is 0.416 e. The SMILES string of the molecule is CN(C1CNC1)[C@H]1C[C@@H](c2cccc(C(F)(F)F)c2)CC[C@@H]1Oc1cc(F)c(S(=O)(=O)Nc2ccncn2)cc1Cl. The van der Waals surface area contributed by atoms with E-state index in [9.17, 15) is 21.6 Å². The van der Waals surface area contributed by atoms with Crippen LogP contribution in [0.25, 0.3) is 0 Å². The van der Waals surface area contributed by atoms with Crippen LogP contribution in [-0.2, 0) is 16.2 Å². The van der Waals surface area contributed by atoms with Gasteiger partial charge < -0.3 is 10.1 Å². The van der Waals surface area contributed by atoms with Crippen molar-refractivity contribution in [2.45, 2.75) is 54.4 Å². The van der Waals surface area contributed by atoms with E-state index in [1.165, 1.54) is 24.4 Å². The lowest BCUT2D eigenvalue weighted by atomic mass is 9.78. The topological polar surface area (TPSA) is 96.5 Å². The highest BCUT2D eigenvalue weighted by Gasteiger charge is 2.40. The first-order valence-corrected chi connectivity index (χ1v) is 14.8. The Balaban J connectivity index is 1.37. The highest BCUT2D eigenvalue weighted by atomic mass is 35.5. The molecule has 1 aliphatic carbocycles. The number of hydrogen-bond donors (Lipinski definition) is 2. The fraction of sp³-hybridized carbons (Fsp3) is 0.407. The Hall–Kier alpha value is -3.00. The molecule has 0 spiro atoms. The molecule has 220 valence electrons. The molecule has 1 aliphatic heterocycles. The molecule has 5 rings (SSSR count). The molecule has 0 amide bonds. The smallest absolute Gasteiger partial charge is 0.416 e. The minimum atomic E-state index is -4.44. The van der Waals surface area contributed by atoms with Crippen LogP contribution in [0.5, 0.6) is 5.75 Å². The van der Waals surface area contributed by atoms with Crippen molar-refractivity contribution >= 4 is 27.4 Å². The predicted molar refractivity (Wildman–Crippen MR) is 145 cm³/mol. The van der Waals surface area contributed by atoms with Gasteiger partial charge >= 0.3 is 6.18 Å². The second-order valence-corrected chi connectivity index (χ2v) is 12.3. The minimum absolute atomic E-state index is 0.0159. The van der Waals surface area contributed by atoms with Crippen molar-refractivity contribution in [1.82, 2.24) is 20.2 Å². The molecule has 2 N–H and O–H groups in total. The number of sulfonamides is 1. The number of halogens is 5. The normalized spacial score (nSPS) is 21.9. The highest BCUT2D eigenvalue weighted by Crippen LogP contribution is 2.41. The zero-order valence-electron chi connectivity index (χ0n) is 21.9. The van der Waals surface area contributed by atoms with E-state index in [-0.39, 0.29) is 34.6 Å². The van der Waals surface area contributed by atoms with E-state index >= 15 is 4.39 Å². The number of aromatic nitrogens is 2. The lowest BCUT2D eigenvalue weighted by molar-refractivity contribution is -0.137. The first-order valence-electron chi connectivity index (χ1n) is 13.0. The van der Waals surface area contributed by atoms with Gasteiger partial charge in [-0.05, 0) is 56.0 Å². The van der Waals surface area contributed by atoms with Gasteiger partial charge in [0.05, 0.1) is 10.6 Å². The number of nitrogens with one attached hydrogen (secondary N) is 2. The van der Waals surface area contributed by atoms with Gasteiger partial charge in [0.1, 0.15) is 34.7 Å². The molecule has 2 heterocycles. The summed E-state index contributed by atoms with van der Waals surface area (Å²) in [5, 5.41) is 3.12. The average Bonchev–Trinajstić information content (AvgIpc) is 2.89. The summed E-state index contributed by atoms with van der Waals surface area (Å²) < 4.78 is 89.2. The Labute approximate surface area is 240 Å². The number of ether oxygens (including phenoxy) is 1. The van der Waals surface area contributed by atoms with Gasteiger partial charge in [-0.25, -0.2) is 22.8 Å². The minimum Gasteiger partial charge on any atom is -0.487 e. The summed E-state index contributed by atoms with van der Waals surface area (Å²) in [5.74, 6) is -1.25. The number of nitrogens with zero attached hydrogens (tertiary/aromatic N) is 3. The zero-order valence-corrected chi connectivity index (χ0v) is 23.5. The molecule has 2 aliphatic rings. The number of hydrogen-bond acceptors (Lipinski definition) is 7. The van der Waals surface area contributed by atoms with E-state index in [0.717, 1.165) is 37.6 Å². The van der Waals surface area contributed by atoms with Crippen LogP contribution >= 0.6 is 11.6 Å². The lowest BCUT2D eigenvalue weighted by Crippen LogP contribution is -2.62. The van der Waals surface area contributed by atoms with Crippen LogP contribution in [0, 0.1) is 5.82 Å². The van der Waals surface area contributed by atoms with Crippen LogP contribution in [0.2, 0.25) is 5.02 Å². The third-order valence-electron chi connectivity index (χ3n) is 7.67. The number of rotatable bonds is 8. The van der Waals surface area contributed by atoms with Crippen LogP contribution in [0.1, 0.15) is 36.3 Å². The Morgan fingerprint density at radius 3 is 2.59 bits per heavy atom. The largest absolute Gasteiger partial charge is 0.487 e. The van der Waals surface area contributed by atoms with Gasteiger partial charge in [0, 0.05) is 37.4 Å². The number of alkyl halides is 3. The van der Waals surface area contributed by atoms with Gasteiger partial charge in [0.25, 0.3) is 10.0 Å². The first kappa shape index (κ1) is 29.5. The monoisotopic (exact) mass is 613 g/mol. The van der Waals surface area contributed by atoms with Crippen molar-refractivity contribution < 1.29 is 30.7 Å². The molecular formula is C27H28ClF4N5O3S. The summed E-state index contributed by atoms with van der Waals surface area (Å²) in [6, 6.07) is 8.64. The molecule has 0 bridgehead atoms. The lowest BCUT2D eigenvalue weighted by Gasteiger charge is -2.46. The van der Waals surface area contributed by atoms with Gasteiger partial charge in [-0.3, -0.25) is 9.62 Å². The van der Waals surface area contributed by atoms with E-state index in [2.05, 4.69) is 24.9 Å². The molecule has 2 fully saturated rings. The van der Waals surface area contributed by atoms with Crippen molar-refractivity contribution in [1.29, 1.82) is 0 Å². The molecule has 41 heavy (non-hydrogen) atoms. The van der Waals surface area contributed by atoms with Crippen molar-refractivity contribution in [3.63, 3.8) is 0 Å². The van der Waals surface area contributed by atoms with Crippen LogP contribution in [0.4, 0.5) is 23.4 Å². The van der Waals surface area contributed by atoms with Gasteiger partial charge in [-0.2, -0.15) is 13.2 Å². The summed E-state index contributed by atoms with van der Waals surface area (Å²) in [5.41, 5.74) is -0.0776. The molecule has 14 heteroatoms. The molecular weight excluding hydrogens is 586 g/mol. The van der Waals surface area contributed by atoms with Crippen LogP contribution in [-0.4, -0.2) is 61.6 Å². The Kier molecular flexibility index (Phi) is 8.42. The van der Waals surface area contributed by atoms with Gasteiger partial charge in [0.15, 0.2) is 0 Å². The van der Waals surface area contributed by atoms with Crippen molar-refractivity contribution in [2.24, 2.45) is 0 Å². The third kappa shape index (κ3) is 6.58. The number of anilines is 1. The summed E-state index contributed by atoms with van der Waals surface area (Å²) in [6.07, 6.45) is -0.866. The molecule has 0 unspecified atom stereocenters. The van der Waals surface area contributed by atoms with E-state index < -0.39 is 38.6 Å². The fourth-order valence-electron chi connectivity index (χ4n) is 5.30. The standard InChI is InChI=1S/C27H28ClF4N5O3S/c1-37(19-13-34-14-19)22-10-17(16-3-2-4-18(9-16)27(30,31)32)5-6-23(22)40-24-12-21(29)25(11-20(24)28)41(38,39)36-26-7-8-33-15-35-26/h2-4,7-9,11-12,15,17,19,22-23,34H,5-6,10,13-14H2,1H3,(H,33,35,36)/t17-,22-,23-/m0/s1. The Bertz CT molecular complexity index is 1490. The number of benzene rings is 2. The summed E-state index contributed by atoms with van der Waals surface area (Å²) in [4.78, 5) is 8.97. The zero-order chi connectivity index (χ0) is 29.4. The molecule has 2 aromatic carbocycles.